The molecule has 5 heteroatoms. The van der Waals surface area contributed by atoms with Crippen molar-refractivity contribution in [2.75, 3.05) is 11.9 Å². The lowest BCUT2D eigenvalue weighted by Crippen LogP contribution is -2.47. The molecule has 5 nitrogen and oxygen atoms in total. The van der Waals surface area contributed by atoms with E-state index in [1.807, 2.05) is 0 Å². The van der Waals surface area contributed by atoms with Crippen molar-refractivity contribution in [1.82, 2.24) is 4.90 Å². The SMILES string of the molecule is CC(=O)C1=C(O)[C@H]2[C@@H]3[C@H]4CNc5cccc(c54)C[C@@H]3C(C)(C)N2C1=O. The van der Waals surface area contributed by atoms with Crippen LogP contribution in [-0.2, 0) is 16.0 Å². The van der Waals surface area contributed by atoms with E-state index in [2.05, 4.69) is 37.4 Å². The van der Waals surface area contributed by atoms with Crippen molar-refractivity contribution in [3.63, 3.8) is 0 Å². The number of hydrogen-bond acceptors (Lipinski definition) is 4. The summed E-state index contributed by atoms with van der Waals surface area (Å²) in [5, 5.41) is 14.3. The van der Waals surface area contributed by atoms with Crippen LogP contribution in [0.25, 0.3) is 0 Å². The molecule has 1 saturated heterocycles. The number of ketones is 1. The lowest BCUT2D eigenvalue weighted by Gasteiger charge is -2.39. The fraction of sp³-hybridized carbons (Fsp3) is 0.500. The number of rotatable bonds is 1. The Balaban J connectivity index is 1.71. The van der Waals surface area contributed by atoms with Gasteiger partial charge in [0.15, 0.2) is 5.78 Å². The van der Waals surface area contributed by atoms with Crippen LogP contribution in [0.4, 0.5) is 5.69 Å². The van der Waals surface area contributed by atoms with Crippen molar-refractivity contribution in [1.29, 1.82) is 0 Å². The zero-order chi connectivity index (χ0) is 17.7. The summed E-state index contributed by atoms with van der Waals surface area (Å²) in [6, 6.07) is 6.00. The Bertz CT molecular complexity index is 870. The first-order chi connectivity index (χ1) is 11.8. The Kier molecular flexibility index (Phi) is 2.67. The number of amides is 1. The molecule has 1 aromatic rings. The summed E-state index contributed by atoms with van der Waals surface area (Å²) in [4.78, 5) is 26.7. The minimum atomic E-state index is -0.395. The van der Waals surface area contributed by atoms with Crippen LogP contribution >= 0.6 is 0 Å². The number of Topliss-reactive ketones (excluding diaryl/α,β-unsaturated/α-hetero) is 1. The molecule has 1 fully saturated rings. The molecule has 4 aliphatic rings. The highest BCUT2D eigenvalue weighted by atomic mass is 16.3. The van der Waals surface area contributed by atoms with Gasteiger partial charge in [-0.25, -0.2) is 0 Å². The second-order valence-electron chi connectivity index (χ2n) is 8.34. The number of benzene rings is 1. The Morgan fingerprint density at radius 2 is 2.12 bits per heavy atom. The molecule has 1 aromatic carbocycles. The van der Waals surface area contributed by atoms with E-state index in [-0.39, 0.29) is 46.8 Å². The first-order valence-corrected chi connectivity index (χ1v) is 8.97. The average Bonchev–Trinajstić information content (AvgIpc) is 3.14. The number of nitrogens with one attached hydrogen (secondary N) is 1. The van der Waals surface area contributed by atoms with Gasteiger partial charge in [-0.15, -0.1) is 0 Å². The van der Waals surface area contributed by atoms with Crippen LogP contribution in [0.3, 0.4) is 0 Å². The Morgan fingerprint density at radius 3 is 2.84 bits per heavy atom. The van der Waals surface area contributed by atoms with Crippen LogP contribution < -0.4 is 5.32 Å². The van der Waals surface area contributed by atoms with Gasteiger partial charge in [0, 0.05) is 29.6 Å². The molecule has 2 N–H and O–H groups in total. The third kappa shape index (κ3) is 1.59. The van der Waals surface area contributed by atoms with Crippen molar-refractivity contribution < 1.29 is 14.7 Å². The van der Waals surface area contributed by atoms with Gasteiger partial charge < -0.3 is 15.3 Å². The van der Waals surface area contributed by atoms with Crippen LogP contribution in [0, 0.1) is 11.8 Å². The molecule has 0 bridgehead atoms. The van der Waals surface area contributed by atoms with Crippen molar-refractivity contribution >= 4 is 17.4 Å². The van der Waals surface area contributed by atoms with Crippen LogP contribution in [0.5, 0.6) is 0 Å². The fourth-order valence-electron chi connectivity index (χ4n) is 5.96. The third-order valence-electron chi connectivity index (χ3n) is 6.94. The van der Waals surface area contributed by atoms with E-state index in [4.69, 9.17) is 0 Å². The molecular weight excluding hydrogens is 316 g/mol. The summed E-state index contributed by atoms with van der Waals surface area (Å²) in [7, 11) is 0. The summed E-state index contributed by atoms with van der Waals surface area (Å²) in [6.45, 7) is 6.35. The summed E-state index contributed by atoms with van der Waals surface area (Å²) in [6.07, 6.45) is 0.905. The van der Waals surface area contributed by atoms with E-state index in [0.717, 1.165) is 13.0 Å². The van der Waals surface area contributed by atoms with E-state index in [1.54, 1.807) is 4.90 Å². The van der Waals surface area contributed by atoms with Crippen molar-refractivity contribution in [3.05, 3.63) is 40.7 Å². The normalized spacial score (nSPS) is 33.9. The standard InChI is InChI=1S/C20H22N2O3/c1-9(23)14-18(24)17-16-11-8-21-13-6-4-5-10(15(11)13)7-12(16)20(2,3)22(17)19(14)25/h4-6,11-12,16-17,21,24H,7-8H2,1-3H3/t11-,12-,16+,17+/m0/s1. The smallest absolute Gasteiger partial charge is 0.262 e. The second-order valence-corrected chi connectivity index (χ2v) is 8.34. The number of aliphatic hydroxyl groups is 1. The Morgan fingerprint density at radius 1 is 1.36 bits per heavy atom. The van der Waals surface area contributed by atoms with Crippen LogP contribution in [0.2, 0.25) is 0 Å². The first-order valence-electron chi connectivity index (χ1n) is 8.97. The zero-order valence-electron chi connectivity index (χ0n) is 14.7. The number of anilines is 1. The van der Waals surface area contributed by atoms with Crippen molar-refractivity contribution in [2.45, 2.75) is 44.7 Å². The molecule has 0 aromatic heterocycles. The number of aliphatic hydroxyl groups excluding tert-OH is 1. The Labute approximate surface area is 146 Å². The van der Waals surface area contributed by atoms with Gasteiger partial charge in [-0.3, -0.25) is 9.59 Å². The van der Waals surface area contributed by atoms with E-state index in [0.29, 0.717) is 0 Å². The molecule has 0 spiro atoms. The molecule has 130 valence electrons. The largest absolute Gasteiger partial charge is 0.509 e. The molecule has 0 saturated carbocycles. The van der Waals surface area contributed by atoms with Gasteiger partial charge in [-0.2, -0.15) is 0 Å². The predicted molar refractivity (Wildman–Crippen MR) is 93.4 cm³/mol. The summed E-state index contributed by atoms with van der Waals surface area (Å²) >= 11 is 0. The molecule has 25 heavy (non-hydrogen) atoms. The Hall–Kier alpha value is -2.30. The number of carbonyl (C=O) groups is 2. The highest BCUT2D eigenvalue weighted by Gasteiger charge is 2.64. The number of hydrogen-bond donors (Lipinski definition) is 2. The van der Waals surface area contributed by atoms with Gasteiger partial charge in [0.25, 0.3) is 5.91 Å². The number of nitrogens with zero attached hydrogens (tertiary/aromatic N) is 1. The summed E-state index contributed by atoms with van der Waals surface area (Å²) in [5.74, 6) is 0.0194. The molecule has 5 rings (SSSR count). The van der Waals surface area contributed by atoms with Crippen molar-refractivity contribution in [2.24, 2.45) is 11.8 Å². The first kappa shape index (κ1) is 15.0. The van der Waals surface area contributed by atoms with Gasteiger partial charge in [-0.1, -0.05) is 12.1 Å². The monoisotopic (exact) mass is 338 g/mol. The maximum atomic E-state index is 13.0. The van der Waals surface area contributed by atoms with Crippen LogP contribution in [0.15, 0.2) is 29.5 Å². The molecule has 3 aliphatic heterocycles. The van der Waals surface area contributed by atoms with Gasteiger partial charge >= 0.3 is 0 Å². The lowest BCUT2D eigenvalue weighted by molar-refractivity contribution is -0.132. The highest BCUT2D eigenvalue weighted by Crippen LogP contribution is 2.59. The quantitative estimate of drug-likeness (QED) is 0.772. The molecule has 1 aliphatic carbocycles. The maximum absolute atomic E-state index is 13.0. The maximum Gasteiger partial charge on any atom is 0.262 e. The molecule has 1 amide bonds. The summed E-state index contributed by atoms with van der Waals surface area (Å²) in [5.41, 5.74) is 3.47. The number of carbonyl (C=O) groups excluding carboxylic acids is 2. The summed E-state index contributed by atoms with van der Waals surface area (Å²) < 4.78 is 0. The minimum Gasteiger partial charge on any atom is -0.509 e. The van der Waals surface area contributed by atoms with Gasteiger partial charge in [-0.05, 0) is 50.3 Å². The lowest BCUT2D eigenvalue weighted by atomic mass is 9.64. The van der Waals surface area contributed by atoms with E-state index >= 15 is 0 Å². The molecule has 0 unspecified atom stereocenters. The van der Waals surface area contributed by atoms with E-state index in [9.17, 15) is 14.7 Å². The minimum absolute atomic E-state index is 0.00842. The molecule has 4 atom stereocenters. The predicted octanol–water partition coefficient (Wildman–Crippen LogP) is 2.39. The molecule has 0 radical (unpaired) electrons. The van der Waals surface area contributed by atoms with E-state index in [1.165, 1.54) is 23.7 Å². The zero-order valence-corrected chi connectivity index (χ0v) is 14.7. The van der Waals surface area contributed by atoms with Gasteiger partial charge in [0.05, 0.1) is 6.04 Å². The van der Waals surface area contributed by atoms with Gasteiger partial charge in [0.2, 0.25) is 0 Å². The third-order valence-corrected chi connectivity index (χ3v) is 6.94. The van der Waals surface area contributed by atoms with Crippen molar-refractivity contribution in [3.8, 4) is 0 Å². The topological polar surface area (TPSA) is 69.6 Å². The highest BCUT2D eigenvalue weighted by molar-refractivity contribution is 6.21. The van der Waals surface area contributed by atoms with Crippen LogP contribution in [-0.4, -0.2) is 39.8 Å². The fourth-order valence-corrected chi connectivity index (χ4v) is 5.96. The average molecular weight is 338 g/mol. The molecule has 3 heterocycles. The van der Waals surface area contributed by atoms with Gasteiger partial charge in [0.1, 0.15) is 11.3 Å². The molecular formula is C20H22N2O3. The second kappa shape index (κ2) is 4.45. The van der Waals surface area contributed by atoms with Crippen LogP contribution in [0.1, 0.15) is 37.8 Å². The number of fused-ring (bicyclic) bond motifs is 4. The van der Waals surface area contributed by atoms with E-state index < -0.39 is 5.54 Å².